The van der Waals surface area contributed by atoms with Crippen LogP contribution in [0.1, 0.15) is 22.3 Å². The first-order chi connectivity index (χ1) is 19.3. The molecule has 5 atom stereocenters. The van der Waals surface area contributed by atoms with Gasteiger partial charge in [0.15, 0.2) is 12.6 Å². The molecule has 5 rings (SSSR count). The maximum absolute atomic E-state index is 6.77. The predicted molar refractivity (Wildman–Crippen MR) is 149 cm³/mol. The summed E-state index contributed by atoms with van der Waals surface area (Å²) in [4.78, 5) is 0. The second-order valence-corrected chi connectivity index (χ2v) is 9.57. The van der Waals surface area contributed by atoms with Crippen molar-refractivity contribution in [2.24, 2.45) is 5.73 Å². The van der Waals surface area contributed by atoms with Crippen molar-refractivity contribution in [2.75, 3.05) is 0 Å². The van der Waals surface area contributed by atoms with Gasteiger partial charge in [-0.15, -0.1) is 0 Å². The molecule has 4 aromatic carbocycles. The molecule has 0 unspecified atom stereocenters. The number of ether oxygens (including phenoxy) is 5. The van der Waals surface area contributed by atoms with Gasteiger partial charge in [-0.05, 0) is 22.3 Å². The first-order valence-corrected chi connectivity index (χ1v) is 13.3. The molecular weight excluding hydrogens is 490 g/mol. The lowest BCUT2D eigenvalue weighted by Gasteiger charge is -2.44. The van der Waals surface area contributed by atoms with Crippen molar-refractivity contribution in [1.82, 2.24) is 0 Å². The highest BCUT2D eigenvalue weighted by molar-refractivity contribution is 5.16. The van der Waals surface area contributed by atoms with Gasteiger partial charge in [0, 0.05) is 0 Å². The molecule has 0 bridgehead atoms. The minimum Gasteiger partial charge on any atom is -0.369 e. The van der Waals surface area contributed by atoms with E-state index in [2.05, 4.69) is 0 Å². The summed E-state index contributed by atoms with van der Waals surface area (Å²) in [5, 5.41) is 0. The zero-order valence-electron chi connectivity index (χ0n) is 21.9. The van der Waals surface area contributed by atoms with Gasteiger partial charge in [-0.25, -0.2) is 0 Å². The van der Waals surface area contributed by atoms with E-state index in [9.17, 15) is 0 Å². The molecule has 2 N–H and O–H groups in total. The molecule has 1 fully saturated rings. The fourth-order valence-electron chi connectivity index (χ4n) is 4.53. The van der Waals surface area contributed by atoms with Gasteiger partial charge in [-0.2, -0.15) is 0 Å². The van der Waals surface area contributed by atoms with Crippen molar-refractivity contribution in [1.29, 1.82) is 0 Å². The molecule has 6 heteroatoms. The van der Waals surface area contributed by atoms with Crippen LogP contribution in [0.4, 0.5) is 0 Å². The number of hydrogen-bond donors (Lipinski definition) is 1. The summed E-state index contributed by atoms with van der Waals surface area (Å²) < 4.78 is 31.8. The zero-order valence-corrected chi connectivity index (χ0v) is 21.9. The van der Waals surface area contributed by atoms with Crippen molar-refractivity contribution in [3.05, 3.63) is 144 Å². The van der Waals surface area contributed by atoms with Crippen LogP contribution in [0.5, 0.6) is 0 Å². The van der Waals surface area contributed by atoms with E-state index in [0.717, 1.165) is 22.3 Å². The SMILES string of the molecule is N[C@H]1[C@H](OCc2ccccc2)O[C@H](OCc2ccccc2)[C@@H](OCc2ccccc2)[C@@H]1OCc1ccccc1. The Balaban J connectivity index is 1.37. The predicted octanol–water partition coefficient (Wildman–Crippen LogP) is 5.60. The Bertz CT molecular complexity index is 1230. The summed E-state index contributed by atoms with van der Waals surface area (Å²) in [5.74, 6) is 0. The Kier molecular flexibility index (Phi) is 9.87. The first-order valence-electron chi connectivity index (χ1n) is 13.3. The molecule has 39 heavy (non-hydrogen) atoms. The monoisotopic (exact) mass is 525 g/mol. The van der Waals surface area contributed by atoms with Gasteiger partial charge in [-0.3, -0.25) is 0 Å². The van der Waals surface area contributed by atoms with Crippen LogP contribution in [0.2, 0.25) is 0 Å². The largest absolute Gasteiger partial charge is 0.369 e. The fraction of sp³-hybridized carbons (Fsp3) is 0.273. The maximum atomic E-state index is 6.77. The van der Waals surface area contributed by atoms with E-state index in [-0.39, 0.29) is 0 Å². The zero-order chi connectivity index (χ0) is 26.7. The molecule has 6 nitrogen and oxygen atoms in total. The Morgan fingerprint density at radius 1 is 0.436 bits per heavy atom. The average Bonchev–Trinajstić information content (AvgIpc) is 3.00. The number of hydrogen-bond acceptors (Lipinski definition) is 6. The van der Waals surface area contributed by atoms with E-state index >= 15 is 0 Å². The van der Waals surface area contributed by atoms with Crippen LogP contribution in [-0.2, 0) is 50.1 Å². The summed E-state index contributed by atoms with van der Waals surface area (Å²) in [5.41, 5.74) is 10.9. The van der Waals surface area contributed by atoms with E-state index < -0.39 is 30.8 Å². The molecule has 0 amide bonds. The van der Waals surface area contributed by atoms with Crippen LogP contribution in [0, 0.1) is 0 Å². The van der Waals surface area contributed by atoms with E-state index in [1.165, 1.54) is 0 Å². The van der Waals surface area contributed by atoms with Crippen LogP contribution in [0.3, 0.4) is 0 Å². The van der Waals surface area contributed by atoms with Crippen LogP contribution in [0.25, 0.3) is 0 Å². The molecule has 1 saturated heterocycles. The Labute approximate surface area is 230 Å². The minimum atomic E-state index is -0.754. The van der Waals surface area contributed by atoms with E-state index in [1.54, 1.807) is 0 Å². The smallest absolute Gasteiger partial charge is 0.189 e. The second-order valence-electron chi connectivity index (χ2n) is 9.57. The van der Waals surface area contributed by atoms with Gasteiger partial charge in [0.2, 0.25) is 0 Å². The molecule has 0 spiro atoms. The second kappa shape index (κ2) is 14.1. The van der Waals surface area contributed by atoms with Gasteiger partial charge in [0.1, 0.15) is 12.2 Å². The standard InChI is InChI=1S/C33H35NO5/c34-29-30(35-21-25-13-5-1-6-14-25)31(36-22-26-15-7-2-8-16-26)33(38-24-28-19-11-4-12-20-28)39-32(29)37-23-27-17-9-3-10-18-27/h1-20,29-33H,21-24,34H2/t29-,30-,31+,32-,33+/m1/s1. The van der Waals surface area contributed by atoms with Gasteiger partial charge in [0.25, 0.3) is 0 Å². The van der Waals surface area contributed by atoms with E-state index in [0.29, 0.717) is 26.4 Å². The van der Waals surface area contributed by atoms with Crippen LogP contribution < -0.4 is 5.73 Å². The van der Waals surface area contributed by atoms with Gasteiger partial charge in [-0.1, -0.05) is 121 Å². The summed E-state index contributed by atoms with van der Waals surface area (Å²) >= 11 is 0. The third kappa shape index (κ3) is 7.83. The average molecular weight is 526 g/mol. The topological polar surface area (TPSA) is 72.2 Å². The third-order valence-electron chi connectivity index (χ3n) is 6.64. The molecule has 0 aromatic heterocycles. The highest BCUT2D eigenvalue weighted by atomic mass is 16.8. The molecule has 0 aliphatic carbocycles. The summed E-state index contributed by atoms with van der Waals surface area (Å²) in [6.45, 7) is 1.45. The Morgan fingerprint density at radius 2 is 0.769 bits per heavy atom. The molecule has 0 saturated carbocycles. The lowest BCUT2D eigenvalue weighted by molar-refractivity contribution is -0.343. The molecule has 1 aliphatic heterocycles. The van der Waals surface area contributed by atoms with Crippen molar-refractivity contribution < 1.29 is 23.7 Å². The first kappa shape index (κ1) is 27.2. The molecule has 202 valence electrons. The molecule has 4 aromatic rings. The molecule has 1 aliphatic rings. The van der Waals surface area contributed by atoms with Crippen molar-refractivity contribution in [3.8, 4) is 0 Å². The van der Waals surface area contributed by atoms with Crippen molar-refractivity contribution >= 4 is 0 Å². The lowest BCUT2D eigenvalue weighted by atomic mass is 10.0. The van der Waals surface area contributed by atoms with E-state index in [4.69, 9.17) is 29.4 Å². The Hall–Kier alpha value is -3.36. The Morgan fingerprint density at radius 3 is 1.18 bits per heavy atom. The van der Waals surface area contributed by atoms with Crippen LogP contribution in [0.15, 0.2) is 121 Å². The number of nitrogens with two attached hydrogens (primary N) is 1. The highest BCUT2D eigenvalue weighted by Crippen LogP contribution is 2.29. The molecular formula is C33H35NO5. The number of rotatable bonds is 12. The molecule has 0 radical (unpaired) electrons. The van der Waals surface area contributed by atoms with Gasteiger partial charge >= 0.3 is 0 Å². The number of benzene rings is 4. The van der Waals surface area contributed by atoms with E-state index in [1.807, 2.05) is 121 Å². The quantitative estimate of drug-likeness (QED) is 0.260. The van der Waals surface area contributed by atoms with Crippen molar-refractivity contribution in [2.45, 2.75) is 57.3 Å². The lowest BCUT2D eigenvalue weighted by Crippen LogP contribution is -2.63. The normalized spacial score (nSPS) is 22.9. The van der Waals surface area contributed by atoms with Crippen LogP contribution >= 0.6 is 0 Å². The molecule has 1 heterocycles. The third-order valence-corrected chi connectivity index (χ3v) is 6.64. The highest BCUT2D eigenvalue weighted by Gasteiger charge is 2.47. The van der Waals surface area contributed by atoms with Crippen molar-refractivity contribution in [3.63, 3.8) is 0 Å². The van der Waals surface area contributed by atoms with Gasteiger partial charge < -0.3 is 29.4 Å². The summed E-state index contributed by atoms with van der Waals surface area (Å²) in [6.07, 6.45) is -2.62. The summed E-state index contributed by atoms with van der Waals surface area (Å²) in [6, 6.07) is 39.3. The summed E-state index contributed by atoms with van der Waals surface area (Å²) in [7, 11) is 0. The minimum absolute atomic E-state index is 0.350. The van der Waals surface area contributed by atoms with Gasteiger partial charge in [0.05, 0.1) is 32.5 Å². The van der Waals surface area contributed by atoms with Crippen LogP contribution in [-0.4, -0.2) is 30.8 Å². The maximum Gasteiger partial charge on any atom is 0.189 e. The fourth-order valence-corrected chi connectivity index (χ4v) is 4.53.